The number of allylic oxidation sites excluding steroid dienone is 1. The largest absolute Gasteiger partial charge is 0.393 e. The second kappa shape index (κ2) is 12.9. The van der Waals surface area contributed by atoms with Gasteiger partial charge in [0.05, 0.1) is 37.6 Å². The van der Waals surface area contributed by atoms with Crippen LogP contribution in [0.4, 0.5) is 0 Å². The standard InChI is InChI=1S/C38H60O12/c1-17-8-11-38(46-15-17)18(2)28-26(50-38)14-24-22-7-6-20-12-21(39)13-27(37(20,5)23(22)9-10-36(24,28)4)48-35-33(30(42)25(40)16-45-35)49-34-32(44)31(43)29(41)19(3)47-34/h6,17-19,21-35,39-44H,7-16H2,1-5H3/t17-,18-,19+,21+,22+,23+,24+,25+,26+,27+,28+,29-,30-,31+,32+,33-,34-,35+,36-,37-,38+/m0/s1. The van der Waals surface area contributed by atoms with E-state index < -0.39 is 78.7 Å². The predicted molar refractivity (Wildman–Crippen MR) is 177 cm³/mol. The Morgan fingerprint density at radius 3 is 2.34 bits per heavy atom. The number of rotatable bonds is 4. The SMILES string of the molecule is C[C@H]1CC[C@@]2(OC1)O[C@@H]1C[C@@H]3[C@@H]4CC=C5C[C@@H](O)C[C@@H](O[C@H]6OC[C@@H](O)[C@H](O)[C@@H]6O[C@@H]6O[C@H](C)[C@H](O)[C@@H](O)[C@H]6O)[C@]5(C)[C@@H]4CC[C@]3(C)[C@@H]1[C@@H]2C. The Morgan fingerprint density at radius 2 is 1.60 bits per heavy atom. The van der Waals surface area contributed by atoms with Gasteiger partial charge in [0.25, 0.3) is 0 Å². The Morgan fingerprint density at radius 1 is 0.820 bits per heavy atom. The fraction of sp³-hybridized carbons (Fsp3) is 0.947. The highest BCUT2D eigenvalue weighted by Gasteiger charge is 2.69. The van der Waals surface area contributed by atoms with Gasteiger partial charge in [0, 0.05) is 24.2 Å². The van der Waals surface area contributed by atoms with Crippen LogP contribution in [-0.4, -0.2) is 123 Å². The zero-order valence-corrected chi connectivity index (χ0v) is 30.2. The van der Waals surface area contributed by atoms with Crippen molar-refractivity contribution in [3.63, 3.8) is 0 Å². The molecule has 12 nitrogen and oxygen atoms in total. The minimum Gasteiger partial charge on any atom is -0.393 e. The topological polar surface area (TPSA) is 177 Å². The minimum atomic E-state index is -1.60. The van der Waals surface area contributed by atoms with Gasteiger partial charge in [-0.15, -0.1) is 0 Å². The third-order valence-corrected chi connectivity index (χ3v) is 15.2. The molecule has 0 aromatic carbocycles. The molecule has 0 radical (unpaired) electrons. The molecule has 4 aliphatic carbocycles. The summed E-state index contributed by atoms with van der Waals surface area (Å²) in [4.78, 5) is 0. The van der Waals surface area contributed by atoms with Crippen molar-refractivity contribution in [2.24, 2.45) is 46.3 Å². The number of ether oxygens (including phenoxy) is 6. The maximum absolute atomic E-state index is 11.1. The summed E-state index contributed by atoms with van der Waals surface area (Å²) >= 11 is 0. The summed E-state index contributed by atoms with van der Waals surface area (Å²) in [5.41, 5.74) is 0.917. The van der Waals surface area contributed by atoms with Gasteiger partial charge in [0.15, 0.2) is 18.4 Å². The van der Waals surface area contributed by atoms with Crippen molar-refractivity contribution in [3.8, 4) is 0 Å². The summed E-state index contributed by atoms with van der Waals surface area (Å²) in [7, 11) is 0. The lowest BCUT2D eigenvalue weighted by Gasteiger charge is -2.60. The molecule has 0 unspecified atom stereocenters. The number of aliphatic hydroxyl groups is 6. The molecule has 284 valence electrons. The van der Waals surface area contributed by atoms with Crippen molar-refractivity contribution >= 4 is 0 Å². The number of hydrogen-bond donors (Lipinski definition) is 6. The molecule has 1 spiro atoms. The van der Waals surface area contributed by atoms with Crippen LogP contribution in [0.5, 0.6) is 0 Å². The molecular formula is C38H60O12. The van der Waals surface area contributed by atoms with Crippen LogP contribution in [0.3, 0.4) is 0 Å². The molecule has 50 heavy (non-hydrogen) atoms. The van der Waals surface area contributed by atoms with Crippen LogP contribution < -0.4 is 0 Å². The van der Waals surface area contributed by atoms with Crippen molar-refractivity contribution in [1.82, 2.24) is 0 Å². The Kier molecular flexibility index (Phi) is 9.38. The minimum absolute atomic E-state index is 0.134. The van der Waals surface area contributed by atoms with Gasteiger partial charge in [0.2, 0.25) is 0 Å². The molecule has 7 fully saturated rings. The first-order chi connectivity index (χ1) is 23.7. The summed E-state index contributed by atoms with van der Waals surface area (Å²) in [6, 6.07) is 0. The van der Waals surface area contributed by atoms with Crippen molar-refractivity contribution in [3.05, 3.63) is 11.6 Å². The maximum atomic E-state index is 11.1. The monoisotopic (exact) mass is 708 g/mol. The van der Waals surface area contributed by atoms with E-state index in [1.54, 1.807) is 6.92 Å². The van der Waals surface area contributed by atoms with E-state index in [1.807, 2.05) is 0 Å². The fourth-order valence-corrected chi connectivity index (χ4v) is 12.4. The first kappa shape index (κ1) is 36.2. The van der Waals surface area contributed by atoms with E-state index in [9.17, 15) is 30.6 Å². The normalized spacial score (nSPS) is 59.3. The molecule has 8 aliphatic rings. The Balaban J connectivity index is 1.04. The molecule has 0 bridgehead atoms. The van der Waals surface area contributed by atoms with E-state index in [-0.39, 0.29) is 18.1 Å². The van der Waals surface area contributed by atoms with Gasteiger partial charge in [-0.25, -0.2) is 0 Å². The van der Waals surface area contributed by atoms with Gasteiger partial charge in [-0.2, -0.15) is 0 Å². The van der Waals surface area contributed by atoms with Crippen molar-refractivity contribution in [1.29, 1.82) is 0 Å². The van der Waals surface area contributed by atoms with Gasteiger partial charge >= 0.3 is 0 Å². The zero-order chi connectivity index (χ0) is 35.5. The van der Waals surface area contributed by atoms with Crippen LogP contribution in [-0.2, 0) is 28.4 Å². The van der Waals surface area contributed by atoms with Crippen molar-refractivity contribution in [2.75, 3.05) is 13.2 Å². The molecule has 0 amide bonds. The third-order valence-electron chi connectivity index (χ3n) is 15.2. The predicted octanol–water partition coefficient (Wildman–Crippen LogP) is 2.00. The van der Waals surface area contributed by atoms with E-state index in [0.717, 1.165) is 45.1 Å². The first-order valence-corrected chi connectivity index (χ1v) is 19.4. The van der Waals surface area contributed by atoms with Crippen molar-refractivity contribution in [2.45, 2.75) is 165 Å². The van der Waals surface area contributed by atoms with E-state index in [1.165, 1.54) is 5.57 Å². The molecule has 6 N–H and O–H groups in total. The van der Waals surface area contributed by atoms with Gasteiger partial charge in [0.1, 0.15) is 36.6 Å². The molecule has 4 heterocycles. The Labute approximate surface area is 295 Å². The quantitative estimate of drug-likeness (QED) is 0.235. The average molecular weight is 709 g/mol. The lowest BCUT2D eigenvalue weighted by atomic mass is 9.46. The van der Waals surface area contributed by atoms with Crippen LogP contribution in [0.2, 0.25) is 0 Å². The first-order valence-electron chi connectivity index (χ1n) is 19.4. The van der Waals surface area contributed by atoms with Gasteiger partial charge < -0.3 is 59.1 Å². The Bertz CT molecular complexity index is 1290. The average Bonchev–Trinajstić information content (AvgIpc) is 3.53. The lowest BCUT2D eigenvalue weighted by molar-refractivity contribution is -0.362. The molecule has 4 saturated heterocycles. The molecule has 0 aromatic rings. The van der Waals surface area contributed by atoms with Crippen LogP contribution in [0.15, 0.2) is 11.6 Å². The smallest absolute Gasteiger partial charge is 0.187 e. The molecule has 21 atom stereocenters. The third kappa shape index (κ3) is 5.45. The van der Waals surface area contributed by atoms with Crippen molar-refractivity contribution < 1.29 is 59.1 Å². The van der Waals surface area contributed by atoms with Crippen LogP contribution in [0, 0.1) is 46.3 Å². The highest BCUT2D eigenvalue weighted by Crippen LogP contribution is 2.71. The summed E-state index contributed by atoms with van der Waals surface area (Å²) in [5, 5.41) is 64.1. The Hall–Kier alpha value is -0.740. The van der Waals surface area contributed by atoms with Gasteiger partial charge in [-0.3, -0.25) is 0 Å². The maximum Gasteiger partial charge on any atom is 0.187 e. The zero-order valence-electron chi connectivity index (χ0n) is 30.2. The van der Waals surface area contributed by atoms with E-state index in [2.05, 4.69) is 33.8 Å². The number of fused-ring (bicyclic) bond motifs is 7. The molecule has 0 aromatic heterocycles. The summed E-state index contributed by atoms with van der Waals surface area (Å²) in [5.74, 6) is 2.08. The van der Waals surface area contributed by atoms with E-state index in [0.29, 0.717) is 48.3 Å². The molecule has 12 heteroatoms. The number of hydrogen-bond acceptors (Lipinski definition) is 12. The number of aliphatic hydroxyl groups excluding tert-OH is 6. The highest BCUT2D eigenvalue weighted by atomic mass is 16.8. The molecule has 4 aliphatic heterocycles. The second-order valence-corrected chi connectivity index (χ2v) is 17.9. The van der Waals surface area contributed by atoms with Crippen LogP contribution in [0.25, 0.3) is 0 Å². The molecule has 3 saturated carbocycles. The summed E-state index contributed by atoms with van der Waals surface area (Å²) < 4.78 is 38.0. The molecule has 8 rings (SSSR count). The highest BCUT2D eigenvalue weighted by molar-refractivity contribution is 5.28. The summed E-state index contributed by atoms with van der Waals surface area (Å²) in [6.07, 6.45) is -3.26. The van der Waals surface area contributed by atoms with Crippen LogP contribution in [0.1, 0.15) is 86.0 Å². The second-order valence-electron chi connectivity index (χ2n) is 17.9. The fourth-order valence-electron chi connectivity index (χ4n) is 12.4. The van der Waals surface area contributed by atoms with Gasteiger partial charge in [-0.05, 0) is 80.5 Å². The summed E-state index contributed by atoms with van der Waals surface area (Å²) in [6.45, 7) is 11.5. The van der Waals surface area contributed by atoms with Crippen LogP contribution >= 0.6 is 0 Å². The van der Waals surface area contributed by atoms with E-state index >= 15 is 0 Å². The van der Waals surface area contributed by atoms with E-state index in [4.69, 9.17) is 28.4 Å². The molecular weight excluding hydrogens is 648 g/mol. The van der Waals surface area contributed by atoms with Gasteiger partial charge in [-0.1, -0.05) is 39.3 Å². The lowest BCUT2D eigenvalue weighted by Crippen LogP contribution is -2.63.